The van der Waals surface area contributed by atoms with Crippen molar-refractivity contribution < 1.29 is 137 Å². The lowest BCUT2D eigenvalue weighted by Crippen LogP contribution is -2.66. The second-order valence-electron chi connectivity index (χ2n) is 39.1. The van der Waals surface area contributed by atoms with Crippen molar-refractivity contribution in [3.05, 3.63) is 66.7 Å². The number of carbonyl (C=O) groups excluding carboxylic acids is 4. The van der Waals surface area contributed by atoms with Crippen LogP contribution in [0.4, 0.5) is 0 Å². The molecule has 149 heavy (non-hydrogen) atoms. The lowest BCUT2D eigenvalue weighted by atomic mass is 9.80. The Labute approximate surface area is 875 Å². The first kappa shape index (κ1) is 119. The van der Waals surface area contributed by atoms with Gasteiger partial charge in [-0.3, -0.25) is 24.2 Å². The van der Waals surface area contributed by atoms with E-state index in [0.717, 1.165) is 67.9 Å². The third-order valence-corrected chi connectivity index (χ3v) is 31.4. The molecule has 8 aliphatic rings. The smallest absolute Gasteiger partial charge is 0.220 e. The molecule has 6 aromatic rings. The molecular formula is C91H150N26O28S4. The average molecular weight is 2180 g/mol. The number of rotatable bonds is 51. The SMILES string of the molecule is CC1CC(N)C(OC2OC(CN)C(O)C(O)C2N)C(OC2OC(Cn3cc(CCC(=O)NCCc4nc(-c5nc(C(=O)CCCCCCCCCN)cs5)cs4)nn3)C(OC3OC(CN)C(O)C(O)C3N)C2O)C1O.CC1CC(N)C(OC2OC(CN)C(O)C(O)C2N)C(OC2OC(Cn3cc(CCC(=O)NCCc4nc(-c5nc(C(=O)CCCCCN=C(N)N)cs5)cs4)nn3)C(OC3OC(CN)C(O)C(O)C3N)C2O)C1O. The lowest BCUT2D eigenvalue weighted by Gasteiger charge is -2.47. The van der Waals surface area contributed by atoms with E-state index in [0.29, 0.717) is 95.9 Å². The van der Waals surface area contributed by atoms with E-state index in [1.165, 1.54) is 61.1 Å². The summed E-state index contributed by atoms with van der Waals surface area (Å²) in [5, 5.41) is 165. The molecule has 38 unspecified atom stereocenters. The van der Waals surface area contributed by atoms with Crippen LogP contribution in [0.25, 0.3) is 21.4 Å². The molecule has 8 fully saturated rings. The van der Waals surface area contributed by atoms with Gasteiger partial charge < -0.3 is 203 Å². The van der Waals surface area contributed by atoms with Crippen LogP contribution in [0.2, 0.25) is 0 Å². The zero-order chi connectivity index (χ0) is 107. The number of ether oxygens (including phenoxy) is 12. The summed E-state index contributed by atoms with van der Waals surface area (Å²) in [7, 11) is 0. The van der Waals surface area contributed by atoms with Crippen LogP contribution in [-0.4, -0.2) is 413 Å². The Morgan fingerprint density at radius 3 is 1.08 bits per heavy atom. The van der Waals surface area contributed by atoms with Gasteiger partial charge in [0.2, 0.25) is 11.8 Å². The van der Waals surface area contributed by atoms with Crippen molar-refractivity contribution in [1.29, 1.82) is 0 Å². The molecule has 40 N–H and O–H groups in total. The molecule has 58 heteroatoms. The first-order valence-electron chi connectivity index (χ1n) is 50.7. The number of nitrogens with zero attached hydrogens (tertiary/aromatic N) is 11. The fraction of sp³-hybridized carbons (Fsp3) is 0.769. The highest BCUT2D eigenvalue weighted by Crippen LogP contribution is 2.41. The Kier molecular flexibility index (Phi) is 45.2. The number of amides is 2. The Balaban J connectivity index is 0.000000249. The number of hydrogen-bond donors (Lipinski definition) is 27. The summed E-state index contributed by atoms with van der Waals surface area (Å²) in [5.41, 5.74) is 80.7. The lowest BCUT2D eigenvalue weighted by molar-refractivity contribution is -0.309. The number of Topliss-reactive ketones (excluding diaryl/α,β-unsaturated/α-hetero) is 2. The molecule has 2 amide bonds. The zero-order valence-electron chi connectivity index (χ0n) is 83.1. The highest BCUT2D eigenvalue weighted by Gasteiger charge is 2.58. The number of nitrogens with one attached hydrogen (secondary N) is 2. The van der Waals surface area contributed by atoms with Gasteiger partial charge in [0, 0.05) is 143 Å². The predicted octanol–water partition coefficient (Wildman–Crippen LogP) is -8.55. The molecule has 6 saturated heterocycles. The van der Waals surface area contributed by atoms with Crippen molar-refractivity contribution in [1.82, 2.24) is 60.6 Å². The van der Waals surface area contributed by atoms with Crippen molar-refractivity contribution in [2.24, 2.45) is 91.4 Å². The van der Waals surface area contributed by atoms with Crippen LogP contribution in [0.1, 0.15) is 159 Å². The van der Waals surface area contributed by atoms with Gasteiger partial charge in [-0.25, -0.2) is 29.3 Å². The van der Waals surface area contributed by atoms with Crippen molar-refractivity contribution in [3.63, 3.8) is 0 Å². The van der Waals surface area contributed by atoms with Gasteiger partial charge in [0.15, 0.2) is 55.3 Å². The minimum atomic E-state index is -1.63. The number of unbranched alkanes of at least 4 members (excludes halogenated alkanes) is 8. The van der Waals surface area contributed by atoms with Gasteiger partial charge in [-0.15, -0.1) is 55.5 Å². The van der Waals surface area contributed by atoms with Crippen LogP contribution in [0.5, 0.6) is 0 Å². The maximum Gasteiger partial charge on any atom is 0.220 e. The molecule has 0 radical (unpaired) electrons. The molecule has 6 aromatic heterocycles. The molecule has 836 valence electrons. The summed E-state index contributed by atoms with van der Waals surface area (Å²) >= 11 is 5.61. The topological polar surface area (TPSA) is 909 Å². The van der Waals surface area contributed by atoms with Crippen LogP contribution < -0.4 is 85.2 Å². The standard InChI is InChI=1S/C47H78N12O14S2.C44H72N14O14S2/c1-22-15-24(51)41(71-45-33(52)38(65)36(63)28(16-49)68-45)43(35(22)62)73-47-40(67)42(72-46-34(53)39(66)37(64)29(17-50)69-46)30(70-47)19-59-18-23(57-58-59)10-11-31(61)54-14-12-32-55-26(21-74-32)44-56-25(20-75-44)27(60)9-7-5-3-2-4-6-8-13-48;1-18-11-20(47)37(70-41-29(48)34(64)32(62)24(12-45)67-41)39(31(18)61)72-43-36(66)38(71-42-30(49)35(65)33(63)25(13-46)68-42)26(69-43)15-58-14-19(56-57-58)6-7-27(60)52-10-8-28-54-22(17-73-28)40-55-21(16-74-40)23(59)5-3-2-4-9-53-44(50)51/h18,20-22,24,28-30,33-43,45-47,62-67H,2-17,19,48-53H2,1H3,(H,54,61);14,16-18,20,24-26,29-39,41-43,61-66H,2-13,15,45-49H2,1H3,(H,52,60)(H4,50,51,53). The Hall–Kier alpha value is -7.05. The van der Waals surface area contributed by atoms with E-state index < -0.39 is 232 Å². The largest absolute Gasteiger partial charge is 0.390 e. The number of aryl methyl sites for hydroxylation is 2. The summed E-state index contributed by atoms with van der Waals surface area (Å²) in [6.45, 7) is 4.49. The molecule has 54 nitrogen and oxygen atoms in total. The average Bonchev–Trinajstić information content (AvgIpc) is 1.65. The minimum Gasteiger partial charge on any atom is -0.390 e. The van der Waals surface area contributed by atoms with Gasteiger partial charge in [0.05, 0.1) is 70.9 Å². The Morgan fingerprint density at radius 2 is 0.725 bits per heavy atom. The molecule has 0 aromatic carbocycles. The quantitative estimate of drug-likeness (QED) is 0.00730. The van der Waals surface area contributed by atoms with E-state index >= 15 is 0 Å². The van der Waals surface area contributed by atoms with Crippen molar-refractivity contribution >= 4 is 74.7 Å². The van der Waals surface area contributed by atoms with Crippen LogP contribution in [0.3, 0.4) is 0 Å². The minimum absolute atomic E-state index is 0.0372. The third kappa shape index (κ3) is 31.1. The molecule has 14 rings (SSSR count). The summed E-state index contributed by atoms with van der Waals surface area (Å²) in [5.74, 6) is -1.26. The summed E-state index contributed by atoms with van der Waals surface area (Å²) in [4.78, 5) is 73.7. The molecule has 38 atom stereocenters. The van der Waals surface area contributed by atoms with Crippen LogP contribution >= 0.6 is 45.3 Å². The summed E-state index contributed by atoms with van der Waals surface area (Å²) in [6, 6.07) is -6.63. The van der Waals surface area contributed by atoms with Crippen molar-refractivity contribution in [3.8, 4) is 21.4 Å². The number of aliphatic imine (C=N–C) groups is 1. The van der Waals surface area contributed by atoms with Gasteiger partial charge in [-0.2, -0.15) is 0 Å². The molecule has 0 bridgehead atoms. The number of carbonyl (C=O) groups is 4. The molecule has 2 saturated carbocycles. The number of aliphatic hydroxyl groups is 12. The van der Waals surface area contributed by atoms with E-state index in [1.54, 1.807) is 37.0 Å². The fourth-order valence-corrected chi connectivity index (χ4v) is 22.3. The normalized spacial score (nSPS) is 35.3. The highest BCUT2D eigenvalue weighted by atomic mass is 32.1. The van der Waals surface area contributed by atoms with Crippen LogP contribution in [0.15, 0.2) is 38.9 Å². The van der Waals surface area contributed by atoms with Gasteiger partial charge >= 0.3 is 0 Å². The maximum absolute atomic E-state index is 13.0. The summed E-state index contributed by atoms with van der Waals surface area (Å²) in [6.07, 6.45) is -23.7. The second kappa shape index (κ2) is 56.5. The molecule has 6 aliphatic heterocycles. The van der Waals surface area contributed by atoms with Crippen molar-refractivity contribution in [2.75, 3.05) is 52.4 Å². The van der Waals surface area contributed by atoms with Crippen molar-refractivity contribution in [2.45, 2.75) is 376 Å². The maximum atomic E-state index is 13.0. The number of guanidine groups is 1. The third-order valence-electron chi connectivity index (χ3n) is 27.9. The molecular weight excluding hydrogens is 2030 g/mol. The van der Waals surface area contributed by atoms with Crippen LogP contribution in [0, 0.1) is 11.8 Å². The highest BCUT2D eigenvalue weighted by molar-refractivity contribution is 7.14. The van der Waals surface area contributed by atoms with E-state index in [-0.39, 0.29) is 107 Å². The van der Waals surface area contributed by atoms with E-state index in [4.69, 9.17) is 131 Å². The number of nitrogens with two attached hydrogens (primary N) is 13. The fourth-order valence-electron chi connectivity index (χ4n) is 19.0. The molecule has 0 spiro atoms. The van der Waals surface area contributed by atoms with Gasteiger partial charge in [0.25, 0.3) is 0 Å². The van der Waals surface area contributed by atoms with Gasteiger partial charge in [0.1, 0.15) is 167 Å². The number of aromatic nitrogens is 10. The van der Waals surface area contributed by atoms with Gasteiger partial charge in [-0.05, 0) is 56.9 Å². The zero-order valence-corrected chi connectivity index (χ0v) is 86.3. The monoisotopic (exact) mass is 2180 g/mol. The predicted molar refractivity (Wildman–Crippen MR) is 535 cm³/mol. The first-order chi connectivity index (χ1) is 71.4. The number of hydrogen-bond acceptors (Lipinski definition) is 52. The van der Waals surface area contributed by atoms with E-state index in [2.05, 4.69) is 56.2 Å². The summed E-state index contributed by atoms with van der Waals surface area (Å²) < 4.78 is 76.4. The molecule has 12 heterocycles. The number of aliphatic hydroxyl groups excluding tert-OH is 12. The van der Waals surface area contributed by atoms with Crippen LogP contribution in [-0.2, 0) is 105 Å². The van der Waals surface area contributed by atoms with Gasteiger partial charge in [-0.1, -0.05) is 62.8 Å². The number of thiazole rings is 4. The van der Waals surface area contributed by atoms with E-state index in [1.807, 2.05) is 10.8 Å². The number of ketones is 2. The Morgan fingerprint density at radius 1 is 0.389 bits per heavy atom. The second-order valence-corrected chi connectivity index (χ2v) is 42.7. The first-order valence-corrected chi connectivity index (χ1v) is 54.2. The molecule has 2 aliphatic carbocycles. The van der Waals surface area contributed by atoms with E-state index in [9.17, 15) is 80.5 Å². The Bertz CT molecular complexity index is 5130.